The van der Waals surface area contributed by atoms with Crippen LogP contribution in [0.1, 0.15) is 34.6 Å². The summed E-state index contributed by atoms with van der Waals surface area (Å²) in [7, 11) is 0. The van der Waals surface area contributed by atoms with Crippen molar-refractivity contribution in [1.29, 1.82) is 0 Å². The first-order valence-electron chi connectivity index (χ1n) is 7.34. The van der Waals surface area contributed by atoms with Gasteiger partial charge in [0.05, 0.1) is 14.9 Å². The first-order chi connectivity index (χ1) is 10.6. The maximum absolute atomic E-state index is 12.9. The molecule has 1 fully saturated rings. The first-order valence-corrected chi connectivity index (χ1v) is 9.35. The number of amides is 1. The minimum atomic E-state index is 0. The maximum Gasteiger partial charge on any atom is 0.266 e. The van der Waals surface area contributed by atoms with Gasteiger partial charge in [0, 0.05) is 19.1 Å². The molecule has 0 aliphatic carbocycles. The number of nitrogens with zero attached hydrogens (tertiary/aromatic N) is 2. The highest BCUT2D eigenvalue weighted by molar-refractivity contribution is 7.24. The van der Waals surface area contributed by atoms with Crippen LogP contribution in [0.15, 0.2) is 12.1 Å². The molecule has 0 aromatic carbocycles. The molecule has 2 aromatic heterocycles. The van der Waals surface area contributed by atoms with E-state index in [1.807, 2.05) is 24.0 Å². The molecular weight excluding hydrogens is 373 g/mol. The minimum Gasteiger partial charge on any atom is -0.334 e. The number of nitrogens with two attached hydrogens (primary N) is 1. The summed E-state index contributed by atoms with van der Waals surface area (Å²) in [6.07, 6.45) is 3.19. The molecule has 4 nitrogen and oxygen atoms in total. The van der Waals surface area contributed by atoms with Gasteiger partial charge in [-0.15, -0.1) is 35.1 Å². The quantitative estimate of drug-likeness (QED) is 0.851. The Balaban J connectivity index is 0.00000192. The molecule has 8 heteroatoms. The van der Waals surface area contributed by atoms with Crippen molar-refractivity contribution in [2.75, 3.05) is 13.1 Å². The molecular formula is C15H19Cl2N3OS2. The van der Waals surface area contributed by atoms with E-state index in [2.05, 4.69) is 4.98 Å². The predicted octanol–water partition coefficient (Wildman–Crippen LogP) is 4.21. The van der Waals surface area contributed by atoms with Crippen molar-refractivity contribution in [3.63, 3.8) is 0 Å². The van der Waals surface area contributed by atoms with Crippen LogP contribution in [0, 0.1) is 6.92 Å². The molecule has 3 heterocycles. The molecule has 126 valence electrons. The zero-order valence-electron chi connectivity index (χ0n) is 12.8. The van der Waals surface area contributed by atoms with E-state index < -0.39 is 0 Å². The van der Waals surface area contributed by atoms with Gasteiger partial charge in [0.2, 0.25) is 0 Å². The van der Waals surface area contributed by atoms with E-state index >= 15 is 0 Å². The van der Waals surface area contributed by atoms with Gasteiger partial charge < -0.3 is 10.6 Å². The Bertz CT molecular complexity index is 686. The lowest BCUT2D eigenvalue weighted by atomic mass is 10.0. The second kappa shape index (κ2) is 7.94. The molecule has 0 saturated carbocycles. The van der Waals surface area contributed by atoms with Crippen molar-refractivity contribution in [2.45, 2.75) is 32.2 Å². The predicted molar refractivity (Wildman–Crippen MR) is 100 cm³/mol. The zero-order valence-corrected chi connectivity index (χ0v) is 16.0. The van der Waals surface area contributed by atoms with Crippen LogP contribution in [-0.4, -0.2) is 34.9 Å². The van der Waals surface area contributed by atoms with E-state index in [1.54, 1.807) is 0 Å². The lowest BCUT2D eigenvalue weighted by Gasteiger charge is -2.34. The van der Waals surface area contributed by atoms with E-state index in [0.717, 1.165) is 50.6 Å². The molecule has 1 atom stereocenters. The lowest BCUT2D eigenvalue weighted by Crippen LogP contribution is -2.47. The third-order valence-corrected chi connectivity index (χ3v) is 6.48. The van der Waals surface area contributed by atoms with Crippen molar-refractivity contribution < 1.29 is 4.79 Å². The van der Waals surface area contributed by atoms with Crippen LogP contribution < -0.4 is 5.73 Å². The molecule has 1 saturated heterocycles. The number of carbonyl (C=O) groups is 1. The molecule has 0 radical (unpaired) electrons. The Kier molecular flexibility index (Phi) is 6.45. The molecule has 0 bridgehead atoms. The first kappa shape index (κ1) is 18.7. The smallest absolute Gasteiger partial charge is 0.266 e. The SMILES string of the molecule is Cc1nc(-c2ccc(Cl)s2)sc1C(=O)N1CCCCC1CN.Cl. The topological polar surface area (TPSA) is 59.2 Å². The summed E-state index contributed by atoms with van der Waals surface area (Å²) in [6, 6.07) is 3.96. The second-order valence-electron chi connectivity index (χ2n) is 5.42. The molecule has 3 rings (SSSR count). The number of halogens is 2. The average Bonchev–Trinajstić information content (AvgIpc) is 3.12. The summed E-state index contributed by atoms with van der Waals surface area (Å²) in [5.74, 6) is 0.0686. The molecule has 0 spiro atoms. The summed E-state index contributed by atoms with van der Waals surface area (Å²) < 4.78 is 0.731. The van der Waals surface area contributed by atoms with E-state index in [4.69, 9.17) is 17.3 Å². The minimum absolute atomic E-state index is 0. The Hall–Kier alpha value is -0.660. The largest absolute Gasteiger partial charge is 0.334 e. The normalized spacial score (nSPS) is 17.9. The Labute approximate surface area is 155 Å². The van der Waals surface area contributed by atoms with Crippen LogP contribution in [-0.2, 0) is 0 Å². The molecule has 1 aliphatic rings. The summed E-state index contributed by atoms with van der Waals surface area (Å²) in [5.41, 5.74) is 6.62. The molecule has 1 unspecified atom stereocenters. The van der Waals surface area contributed by atoms with Gasteiger partial charge in [-0.25, -0.2) is 4.98 Å². The van der Waals surface area contributed by atoms with Gasteiger partial charge in [0.25, 0.3) is 5.91 Å². The van der Waals surface area contributed by atoms with Crippen LogP contribution in [0.25, 0.3) is 9.88 Å². The van der Waals surface area contributed by atoms with Crippen LogP contribution in [0.4, 0.5) is 0 Å². The van der Waals surface area contributed by atoms with Crippen LogP contribution in [0.3, 0.4) is 0 Å². The van der Waals surface area contributed by atoms with Crippen molar-refractivity contribution in [3.05, 3.63) is 27.0 Å². The lowest BCUT2D eigenvalue weighted by molar-refractivity contribution is 0.0627. The van der Waals surface area contributed by atoms with Gasteiger partial charge >= 0.3 is 0 Å². The van der Waals surface area contributed by atoms with Crippen molar-refractivity contribution >= 4 is 52.6 Å². The second-order valence-corrected chi connectivity index (χ2v) is 8.14. The van der Waals surface area contributed by atoms with Crippen molar-refractivity contribution in [1.82, 2.24) is 9.88 Å². The average molecular weight is 392 g/mol. The molecule has 2 N–H and O–H groups in total. The van der Waals surface area contributed by atoms with Crippen molar-refractivity contribution in [2.24, 2.45) is 5.73 Å². The van der Waals surface area contributed by atoms with Crippen LogP contribution in [0.5, 0.6) is 0 Å². The van der Waals surface area contributed by atoms with Gasteiger partial charge in [0.15, 0.2) is 0 Å². The number of piperidine rings is 1. The van der Waals surface area contributed by atoms with Gasteiger partial charge in [0.1, 0.15) is 9.88 Å². The van der Waals surface area contributed by atoms with E-state index in [9.17, 15) is 4.79 Å². The van der Waals surface area contributed by atoms with Gasteiger partial charge in [-0.3, -0.25) is 4.79 Å². The fourth-order valence-electron chi connectivity index (χ4n) is 2.77. The number of thiophene rings is 1. The highest BCUT2D eigenvalue weighted by Gasteiger charge is 2.29. The molecule has 1 amide bonds. The third kappa shape index (κ3) is 3.88. The zero-order chi connectivity index (χ0) is 15.7. The van der Waals surface area contributed by atoms with Crippen LogP contribution in [0.2, 0.25) is 4.34 Å². The maximum atomic E-state index is 12.9. The Morgan fingerprint density at radius 3 is 2.87 bits per heavy atom. The summed E-state index contributed by atoms with van der Waals surface area (Å²) in [5, 5.41) is 0.860. The highest BCUT2D eigenvalue weighted by atomic mass is 35.5. The number of hydrogen-bond donors (Lipinski definition) is 1. The van der Waals surface area contributed by atoms with Gasteiger partial charge in [-0.05, 0) is 38.3 Å². The number of rotatable bonds is 3. The summed E-state index contributed by atoms with van der Waals surface area (Å²) >= 11 is 8.92. The van der Waals surface area contributed by atoms with Gasteiger partial charge in [-0.1, -0.05) is 11.6 Å². The van der Waals surface area contributed by atoms with Gasteiger partial charge in [-0.2, -0.15) is 0 Å². The molecule has 1 aliphatic heterocycles. The fraction of sp³-hybridized carbons (Fsp3) is 0.467. The van der Waals surface area contributed by atoms with E-state index in [-0.39, 0.29) is 24.4 Å². The third-order valence-electron chi connectivity index (χ3n) is 3.93. The molecule has 23 heavy (non-hydrogen) atoms. The number of aryl methyl sites for hydroxylation is 1. The Morgan fingerprint density at radius 1 is 1.43 bits per heavy atom. The highest BCUT2D eigenvalue weighted by Crippen LogP contribution is 2.35. The molecule has 2 aromatic rings. The summed E-state index contributed by atoms with van der Waals surface area (Å²) in [4.78, 5) is 21.1. The van der Waals surface area contributed by atoms with E-state index in [0.29, 0.717) is 6.54 Å². The number of aromatic nitrogens is 1. The van der Waals surface area contributed by atoms with E-state index in [1.165, 1.54) is 22.7 Å². The standard InChI is InChI=1S/C15H18ClN3OS2.ClH/c1-9-13(15(20)19-7-3-2-4-10(19)8-17)22-14(18-9)11-5-6-12(16)21-11;/h5-6,10H,2-4,7-8,17H2,1H3;1H. The van der Waals surface area contributed by atoms with Crippen molar-refractivity contribution in [3.8, 4) is 9.88 Å². The Morgan fingerprint density at radius 2 is 2.22 bits per heavy atom. The van der Waals surface area contributed by atoms with Crippen LogP contribution >= 0.6 is 46.7 Å². The number of likely N-dealkylation sites (tertiary alicyclic amines) is 1. The number of hydrogen-bond acceptors (Lipinski definition) is 5. The summed E-state index contributed by atoms with van der Waals surface area (Å²) in [6.45, 7) is 3.21. The fourth-order valence-corrected chi connectivity index (χ4v) is 4.89. The number of thiazole rings is 1. The number of carbonyl (C=O) groups excluding carboxylic acids is 1. The monoisotopic (exact) mass is 391 g/mol.